The highest BCUT2D eigenvalue weighted by atomic mass is 127. The lowest BCUT2D eigenvalue weighted by Gasteiger charge is -2.18. The lowest BCUT2D eigenvalue weighted by Crippen LogP contribution is -2.42. The first-order chi connectivity index (χ1) is 13.1. The molecule has 1 aromatic carbocycles. The number of hydrogen-bond acceptors (Lipinski definition) is 4. The summed E-state index contributed by atoms with van der Waals surface area (Å²) in [5.41, 5.74) is 1.74. The number of anilines is 1. The Morgan fingerprint density at radius 2 is 2.00 bits per heavy atom. The average molecular weight is 497 g/mol. The second kappa shape index (κ2) is 12.9. The number of nitrogens with one attached hydrogen (secondary N) is 3. The largest absolute Gasteiger partial charge is 0.489 e. The van der Waals surface area contributed by atoms with Crippen molar-refractivity contribution >= 4 is 41.5 Å². The summed E-state index contributed by atoms with van der Waals surface area (Å²) >= 11 is 0. The van der Waals surface area contributed by atoms with Gasteiger partial charge in [-0.05, 0) is 44.5 Å². The average Bonchev–Trinajstić information content (AvgIpc) is 2.66. The number of rotatable bonds is 8. The number of aromatic nitrogens is 1. The topological polar surface area (TPSA) is 87.6 Å². The van der Waals surface area contributed by atoms with Crippen LogP contribution in [-0.4, -0.2) is 42.6 Å². The maximum Gasteiger partial charge on any atom is 0.246 e. The van der Waals surface area contributed by atoms with Crippen LogP contribution in [0.1, 0.15) is 19.4 Å². The first-order valence-electron chi connectivity index (χ1n) is 9.02. The van der Waals surface area contributed by atoms with Gasteiger partial charge in [0, 0.05) is 12.7 Å². The van der Waals surface area contributed by atoms with E-state index in [2.05, 4.69) is 25.9 Å². The van der Waals surface area contributed by atoms with Gasteiger partial charge in [-0.15, -0.1) is 24.0 Å². The number of hydrogen-bond donors (Lipinski definition) is 3. The van der Waals surface area contributed by atoms with Crippen LogP contribution in [0.5, 0.6) is 5.75 Å². The van der Waals surface area contributed by atoms with Gasteiger partial charge in [-0.2, -0.15) is 0 Å². The molecule has 0 bridgehead atoms. The highest BCUT2D eigenvalue weighted by Gasteiger charge is 2.08. The molecule has 2 rings (SSSR count). The molecule has 3 N–H and O–H groups in total. The molecule has 7 nitrogen and oxygen atoms in total. The van der Waals surface area contributed by atoms with Gasteiger partial charge in [-0.3, -0.25) is 9.78 Å². The number of amides is 1. The zero-order chi connectivity index (χ0) is 19.5. The fourth-order valence-electron chi connectivity index (χ4n) is 2.32. The highest BCUT2D eigenvalue weighted by Crippen LogP contribution is 2.17. The SMILES string of the molecule is CCNC(=NCC(=O)Nc1cccnc1)NCC(C)Oc1ccccc1C.I. The van der Waals surface area contributed by atoms with Crippen molar-refractivity contribution in [2.45, 2.75) is 26.9 Å². The Morgan fingerprint density at radius 3 is 2.68 bits per heavy atom. The Balaban J connectivity index is 0.00000392. The van der Waals surface area contributed by atoms with Crippen molar-refractivity contribution in [2.75, 3.05) is 25.0 Å². The molecule has 28 heavy (non-hydrogen) atoms. The third-order valence-electron chi connectivity index (χ3n) is 3.65. The lowest BCUT2D eigenvalue weighted by atomic mass is 10.2. The van der Waals surface area contributed by atoms with Crippen LogP contribution in [0.3, 0.4) is 0 Å². The number of carbonyl (C=O) groups is 1. The van der Waals surface area contributed by atoms with Crippen molar-refractivity contribution in [3.05, 3.63) is 54.4 Å². The quantitative estimate of drug-likeness (QED) is 0.297. The van der Waals surface area contributed by atoms with Gasteiger partial charge in [0.15, 0.2) is 5.96 Å². The second-order valence-electron chi connectivity index (χ2n) is 6.06. The summed E-state index contributed by atoms with van der Waals surface area (Å²) in [5.74, 6) is 1.23. The van der Waals surface area contributed by atoms with Crippen molar-refractivity contribution in [3.8, 4) is 5.75 Å². The van der Waals surface area contributed by atoms with Gasteiger partial charge in [-0.25, -0.2) is 4.99 Å². The molecule has 1 aromatic heterocycles. The van der Waals surface area contributed by atoms with E-state index in [1.807, 2.05) is 45.0 Å². The van der Waals surface area contributed by atoms with Gasteiger partial charge in [-0.1, -0.05) is 18.2 Å². The summed E-state index contributed by atoms with van der Waals surface area (Å²) in [4.78, 5) is 20.3. The first kappa shape index (κ1) is 23.7. The summed E-state index contributed by atoms with van der Waals surface area (Å²) in [6.45, 7) is 7.24. The Morgan fingerprint density at radius 1 is 1.21 bits per heavy atom. The van der Waals surface area contributed by atoms with E-state index in [1.165, 1.54) is 0 Å². The molecule has 1 heterocycles. The molecule has 152 valence electrons. The highest BCUT2D eigenvalue weighted by molar-refractivity contribution is 14.0. The summed E-state index contributed by atoms with van der Waals surface area (Å²) in [6, 6.07) is 11.4. The number of ether oxygens (including phenoxy) is 1. The monoisotopic (exact) mass is 497 g/mol. The van der Waals surface area contributed by atoms with Crippen LogP contribution in [0.2, 0.25) is 0 Å². The number of aliphatic imine (C=N–C) groups is 1. The van der Waals surface area contributed by atoms with Gasteiger partial charge in [0.25, 0.3) is 0 Å². The fourth-order valence-corrected chi connectivity index (χ4v) is 2.32. The standard InChI is InChI=1S/C20H27N5O2.HI/c1-4-22-20(24-14-19(26)25-17-9-7-11-21-13-17)23-12-16(3)27-18-10-6-5-8-15(18)2;/h5-11,13,16H,4,12,14H2,1-3H3,(H,25,26)(H2,22,23,24);1H. The van der Waals surface area contributed by atoms with Gasteiger partial charge >= 0.3 is 0 Å². The summed E-state index contributed by atoms with van der Waals surface area (Å²) < 4.78 is 5.95. The van der Waals surface area contributed by atoms with Crippen LogP contribution in [0.25, 0.3) is 0 Å². The fraction of sp³-hybridized carbons (Fsp3) is 0.350. The molecule has 1 atom stereocenters. The lowest BCUT2D eigenvalue weighted by molar-refractivity contribution is -0.114. The number of pyridine rings is 1. The molecule has 0 radical (unpaired) electrons. The van der Waals surface area contributed by atoms with E-state index >= 15 is 0 Å². The Bertz CT molecular complexity index is 755. The van der Waals surface area contributed by atoms with Crippen LogP contribution in [0.15, 0.2) is 53.8 Å². The van der Waals surface area contributed by atoms with Crippen molar-refractivity contribution in [3.63, 3.8) is 0 Å². The predicted molar refractivity (Wildman–Crippen MR) is 124 cm³/mol. The van der Waals surface area contributed by atoms with Crippen LogP contribution in [0.4, 0.5) is 5.69 Å². The maximum atomic E-state index is 12.0. The summed E-state index contributed by atoms with van der Waals surface area (Å²) in [7, 11) is 0. The molecule has 0 aliphatic carbocycles. The second-order valence-corrected chi connectivity index (χ2v) is 6.06. The van der Waals surface area contributed by atoms with Gasteiger partial charge < -0.3 is 20.7 Å². The minimum Gasteiger partial charge on any atom is -0.489 e. The molecular weight excluding hydrogens is 469 g/mol. The zero-order valence-corrected chi connectivity index (χ0v) is 18.8. The molecular formula is C20H28IN5O2. The molecule has 0 aliphatic rings. The van der Waals surface area contributed by atoms with E-state index in [0.29, 0.717) is 24.7 Å². The van der Waals surface area contributed by atoms with Crippen molar-refractivity contribution in [2.24, 2.45) is 4.99 Å². The predicted octanol–water partition coefficient (Wildman–Crippen LogP) is 2.97. The van der Waals surface area contributed by atoms with Crippen LogP contribution in [0, 0.1) is 6.92 Å². The first-order valence-corrected chi connectivity index (χ1v) is 9.02. The Hall–Kier alpha value is -2.36. The number of carbonyl (C=O) groups excluding carboxylic acids is 1. The normalized spacial score (nSPS) is 11.8. The van der Waals surface area contributed by atoms with Crippen LogP contribution >= 0.6 is 24.0 Å². The van der Waals surface area contributed by atoms with E-state index in [1.54, 1.807) is 24.5 Å². The summed E-state index contributed by atoms with van der Waals surface area (Å²) in [5, 5.41) is 9.08. The number of para-hydroxylation sites is 1. The number of guanidine groups is 1. The number of halogens is 1. The molecule has 8 heteroatoms. The Kier molecular flexibility index (Phi) is 10.9. The molecule has 0 fully saturated rings. The minimum absolute atomic E-state index is 0. The van der Waals surface area contributed by atoms with Crippen LogP contribution < -0.4 is 20.7 Å². The van der Waals surface area contributed by atoms with Crippen LogP contribution in [-0.2, 0) is 4.79 Å². The van der Waals surface area contributed by atoms with E-state index in [0.717, 1.165) is 11.3 Å². The Labute approximate surface area is 183 Å². The van der Waals surface area contributed by atoms with Crippen molar-refractivity contribution in [1.82, 2.24) is 15.6 Å². The zero-order valence-electron chi connectivity index (χ0n) is 16.4. The number of aryl methyl sites for hydroxylation is 1. The van der Waals surface area contributed by atoms with E-state index < -0.39 is 0 Å². The molecule has 0 spiro atoms. The van der Waals surface area contributed by atoms with Gasteiger partial charge in [0.1, 0.15) is 18.4 Å². The van der Waals surface area contributed by atoms with E-state index in [9.17, 15) is 4.79 Å². The molecule has 0 saturated carbocycles. The summed E-state index contributed by atoms with van der Waals surface area (Å²) in [6.07, 6.45) is 3.19. The van der Waals surface area contributed by atoms with Crippen molar-refractivity contribution < 1.29 is 9.53 Å². The molecule has 2 aromatic rings. The smallest absolute Gasteiger partial charge is 0.246 e. The third-order valence-corrected chi connectivity index (χ3v) is 3.65. The molecule has 1 unspecified atom stereocenters. The van der Waals surface area contributed by atoms with E-state index in [4.69, 9.17) is 4.74 Å². The van der Waals surface area contributed by atoms with E-state index in [-0.39, 0.29) is 42.5 Å². The molecule has 0 saturated heterocycles. The number of benzene rings is 1. The van der Waals surface area contributed by atoms with Crippen molar-refractivity contribution in [1.29, 1.82) is 0 Å². The van der Waals surface area contributed by atoms with Gasteiger partial charge in [0.2, 0.25) is 5.91 Å². The minimum atomic E-state index is -0.204. The molecule has 0 aliphatic heterocycles. The maximum absolute atomic E-state index is 12.0. The number of nitrogens with zero attached hydrogens (tertiary/aromatic N) is 2. The molecule has 1 amide bonds. The van der Waals surface area contributed by atoms with Gasteiger partial charge in [0.05, 0.1) is 18.4 Å². The third kappa shape index (κ3) is 8.55.